The molecule has 0 fully saturated rings. The third kappa shape index (κ3) is 2.58. The Bertz CT molecular complexity index is 810. The van der Waals surface area contributed by atoms with Crippen LogP contribution < -0.4 is 4.90 Å². The number of rotatable bonds is 2. The molecular weight excluding hydrogens is 320 g/mol. The summed E-state index contributed by atoms with van der Waals surface area (Å²) in [5.41, 5.74) is 2.89. The molecule has 1 aromatic carbocycles. The zero-order valence-corrected chi connectivity index (χ0v) is 13.7. The van der Waals surface area contributed by atoms with Gasteiger partial charge in [-0.25, -0.2) is 4.98 Å². The van der Waals surface area contributed by atoms with Gasteiger partial charge in [0.25, 0.3) is 0 Å². The number of benzene rings is 1. The minimum atomic E-state index is -0.0790. The van der Waals surface area contributed by atoms with Gasteiger partial charge >= 0.3 is 0 Å². The lowest BCUT2D eigenvalue weighted by Crippen LogP contribution is -2.22. The molecule has 112 valence electrons. The van der Waals surface area contributed by atoms with Crippen molar-refractivity contribution in [1.82, 2.24) is 4.98 Å². The quantitative estimate of drug-likeness (QED) is 0.789. The Kier molecular flexibility index (Phi) is 3.85. The van der Waals surface area contributed by atoms with E-state index in [2.05, 4.69) is 4.98 Å². The monoisotopic (exact) mass is 332 g/mol. The molecule has 1 aromatic heterocycles. The molecule has 2 aromatic rings. The lowest BCUT2D eigenvalue weighted by molar-refractivity contribution is -0.116. The van der Waals surface area contributed by atoms with E-state index in [0.717, 1.165) is 5.56 Å². The number of ketones is 1. The van der Waals surface area contributed by atoms with Crippen LogP contribution in [-0.2, 0) is 11.2 Å². The molecule has 3 rings (SSSR count). The second-order valence-electron chi connectivity index (χ2n) is 5.07. The van der Waals surface area contributed by atoms with Crippen LogP contribution in [0.1, 0.15) is 28.5 Å². The van der Waals surface area contributed by atoms with E-state index in [4.69, 9.17) is 11.6 Å². The number of amides is 1. The summed E-state index contributed by atoms with van der Waals surface area (Å²) >= 11 is 7.52. The summed E-state index contributed by atoms with van der Waals surface area (Å²) in [6.07, 6.45) is 2.29. The standard InChI is InChI=1S/C16H13ClN2O2S/c1-9(20)19(2)16-18-11(8-22-16)6-10-7-13-12(15(10)21)4-3-5-14(13)17/h3-6,8H,7H2,1-2H3/b10-6+. The lowest BCUT2D eigenvalue weighted by Gasteiger charge is -2.09. The molecule has 0 unspecified atom stereocenters. The maximum Gasteiger partial charge on any atom is 0.225 e. The summed E-state index contributed by atoms with van der Waals surface area (Å²) in [5.74, 6) is -0.0864. The third-order valence-electron chi connectivity index (χ3n) is 3.61. The average Bonchev–Trinajstić information content (AvgIpc) is 3.06. The number of anilines is 1. The Labute approximate surface area is 137 Å². The second-order valence-corrected chi connectivity index (χ2v) is 6.32. The van der Waals surface area contributed by atoms with Gasteiger partial charge in [0.1, 0.15) is 0 Å². The van der Waals surface area contributed by atoms with Crippen LogP contribution in [0.5, 0.6) is 0 Å². The van der Waals surface area contributed by atoms with Gasteiger partial charge < -0.3 is 0 Å². The number of hydrogen-bond acceptors (Lipinski definition) is 4. The smallest absolute Gasteiger partial charge is 0.225 e. The zero-order chi connectivity index (χ0) is 15.9. The van der Waals surface area contributed by atoms with Gasteiger partial charge in [-0.3, -0.25) is 14.5 Å². The molecule has 6 heteroatoms. The highest BCUT2D eigenvalue weighted by Crippen LogP contribution is 2.33. The lowest BCUT2D eigenvalue weighted by atomic mass is 10.1. The van der Waals surface area contributed by atoms with E-state index >= 15 is 0 Å². The molecule has 0 N–H and O–H groups in total. The number of carbonyl (C=O) groups excluding carboxylic acids is 2. The molecule has 1 aliphatic carbocycles. The number of carbonyl (C=O) groups is 2. The maximum atomic E-state index is 12.4. The minimum Gasteiger partial charge on any atom is -0.291 e. The zero-order valence-electron chi connectivity index (χ0n) is 12.1. The Morgan fingerprint density at radius 2 is 2.23 bits per heavy atom. The first-order chi connectivity index (χ1) is 10.5. The first-order valence-corrected chi connectivity index (χ1v) is 7.95. The van der Waals surface area contributed by atoms with Crippen molar-refractivity contribution in [1.29, 1.82) is 0 Å². The van der Waals surface area contributed by atoms with Crippen molar-refractivity contribution < 1.29 is 9.59 Å². The van der Waals surface area contributed by atoms with E-state index in [0.29, 0.717) is 33.4 Å². The van der Waals surface area contributed by atoms with E-state index in [-0.39, 0.29) is 11.7 Å². The van der Waals surface area contributed by atoms with Gasteiger partial charge in [-0.1, -0.05) is 23.7 Å². The molecule has 1 amide bonds. The van der Waals surface area contributed by atoms with Crippen molar-refractivity contribution in [2.45, 2.75) is 13.3 Å². The van der Waals surface area contributed by atoms with Gasteiger partial charge in [0.15, 0.2) is 10.9 Å². The van der Waals surface area contributed by atoms with Crippen LogP contribution in [0.4, 0.5) is 5.13 Å². The number of Topliss-reactive ketones (excluding diaryl/α,β-unsaturated/α-hetero) is 1. The van der Waals surface area contributed by atoms with Crippen molar-refractivity contribution in [2.75, 3.05) is 11.9 Å². The fraction of sp³-hybridized carbons (Fsp3) is 0.188. The van der Waals surface area contributed by atoms with E-state index in [9.17, 15) is 9.59 Å². The van der Waals surface area contributed by atoms with Gasteiger partial charge in [0.2, 0.25) is 5.91 Å². The predicted octanol–water partition coefficient (Wildman–Crippen LogP) is 3.60. The highest BCUT2D eigenvalue weighted by Gasteiger charge is 2.26. The number of thiazole rings is 1. The van der Waals surface area contributed by atoms with Crippen LogP contribution in [0.15, 0.2) is 29.2 Å². The number of halogens is 1. The molecule has 0 radical (unpaired) electrons. The van der Waals surface area contributed by atoms with Crippen LogP contribution in [0.3, 0.4) is 0 Å². The number of nitrogens with zero attached hydrogens (tertiary/aromatic N) is 2. The number of hydrogen-bond donors (Lipinski definition) is 0. The summed E-state index contributed by atoms with van der Waals surface area (Å²) in [6, 6.07) is 5.37. The minimum absolute atomic E-state index is 0.00743. The molecule has 0 saturated carbocycles. The van der Waals surface area contributed by atoms with Crippen LogP contribution >= 0.6 is 22.9 Å². The first-order valence-electron chi connectivity index (χ1n) is 6.70. The van der Waals surface area contributed by atoms with Crippen LogP contribution in [0.25, 0.3) is 6.08 Å². The topological polar surface area (TPSA) is 50.3 Å². The molecular formula is C16H13ClN2O2S. The summed E-state index contributed by atoms with van der Waals surface area (Å²) in [4.78, 5) is 29.6. The average molecular weight is 333 g/mol. The van der Waals surface area contributed by atoms with E-state index in [1.807, 2.05) is 5.38 Å². The number of aromatic nitrogens is 1. The Morgan fingerprint density at radius 1 is 1.45 bits per heavy atom. The third-order valence-corrected chi connectivity index (χ3v) is 4.90. The largest absolute Gasteiger partial charge is 0.291 e. The molecule has 0 saturated heterocycles. The highest BCUT2D eigenvalue weighted by atomic mass is 35.5. The maximum absolute atomic E-state index is 12.4. The summed E-state index contributed by atoms with van der Waals surface area (Å²) < 4.78 is 0. The summed E-state index contributed by atoms with van der Waals surface area (Å²) in [7, 11) is 1.68. The van der Waals surface area contributed by atoms with Crippen LogP contribution in [-0.4, -0.2) is 23.7 Å². The fourth-order valence-corrected chi connectivity index (χ4v) is 3.35. The van der Waals surface area contributed by atoms with Crippen molar-refractivity contribution in [2.24, 2.45) is 0 Å². The number of allylic oxidation sites excluding steroid dienone is 1. The van der Waals surface area contributed by atoms with E-state index < -0.39 is 0 Å². The molecule has 4 nitrogen and oxygen atoms in total. The molecule has 0 bridgehead atoms. The second kappa shape index (κ2) is 5.66. The fourth-order valence-electron chi connectivity index (χ4n) is 2.32. The van der Waals surface area contributed by atoms with Crippen molar-refractivity contribution in [3.63, 3.8) is 0 Å². The highest BCUT2D eigenvalue weighted by molar-refractivity contribution is 7.14. The Hall–Kier alpha value is -1.98. The summed E-state index contributed by atoms with van der Waals surface area (Å²) in [6.45, 7) is 1.48. The van der Waals surface area contributed by atoms with Gasteiger partial charge in [-0.2, -0.15) is 0 Å². The predicted molar refractivity (Wildman–Crippen MR) is 88.7 cm³/mol. The Morgan fingerprint density at radius 3 is 2.91 bits per heavy atom. The van der Waals surface area contributed by atoms with Crippen molar-refractivity contribution in [3.05, 3.63) is 51.0 Å². The van der Waals surface area contributed by atoms with Gasteiger partial charge in [0, 0.05) is 41.9 Å². The van der Waals surface area contributed by atoms with Crippen LogP contribution in [0.2, 0.25) is 5.02 Å². The van der Waals surface area contributed by atoms with Crippen molar-refractivity contribution >= 4 is 45.8 Å². The molecule has 22 heavy (non-hydrogen) atoms. The number of fused-ring (bicyclic) bond motifs is 1. The molecule has 1 heterocycles. The summed E-state index contributed by atoms with van der Waals surface area (Å²) in [5, 5.41) is 3.06. The molecule has 0 aliphatic heterocycles. The first kappa shape index (κ1) is 14.9. The van der Waals surface area contributed by atoms with Crippen molar-refractivity contribution in [3.8, 4) is 0 Å². The van der Waals surface area contributed by atoms with Gasteiger partial charge in [0.05, 0.1) is 5.69 Å². The molecule has 1 aliphatic rings. The molecule has 0 atom stereocenters. The normalized spacial score (nSPS) is 15.2. The Balaban J connectivity index is 1.90. The van der Waals surface area contributed by atoms with E-state index in [1.54, 1.807) is 31.3 Å². The van der Waals surface area contributed by atoms with Crippen LogP contribution in [0, 0.1) is 0 Å². The molecule has 0 spiro atoms. The van der Waals surface area contributed by atoms with Gasteiger partial charge in [-0.05, 0) is 17.7 Å². The van der Waals surface area contributed by atoms with Gasteiger partial charge in [-0.15, -0.1) is 11.3 Å². The SMILES string of the molecule is CC(=O)N(C)c1nc(/C=C2\Cc3c(Cl)cccc3C2=O)cs1. The van der Waals surface area contributed by atoms with E-state index in [1.165, 1.54) is 23.2 Å².